The quantitative estimate of drug-likeness (QED) is 0.215. The van der Waals surface area contributed by atoms with E-state index in [9.17, 15) is 14.9 Å². The predicted molar refractivity (Wildman–Crippen MR) is 121 cm³/mol. The molecule has 0 N–H and O–H groups in total. The van der Waals surface area contributed by atoms with Gasteiger partial charge in [-0.1, -0.05) is 48.0 Å². The van der Waals surface area contributed by atoms with Crippen LogP contribution in [0.25, 0.3) is 6.08 Å². The maximum Gasteiger partial charge on any atom is 0.363 e. The van der Waals surface area contributed by atoms with Crippen molar-refractivity contribution in [3.8, 4) is 5.75 Å². The molecule has 1 aliphatic heterocycles. The predicted octanol–water partition coefficient (Wildman–Crippen LogP) is 5.48. The lowest BCUT2D eigenvalue weighted by atomic mass is 10.1. The zero-order valence-corrected chi connectivity index (χ0v) is 17.7. The summed E-state index contributed by atoms with van der Waals surface area (Å²) in [6.07, 6.45) is 1.58. The second-order valence-electron chi connectivity index (χ2n) is 7.04. The third-order valence-electron chi connectivity index (χ3n) is 4.81. The summed E-state index contributed by atoms with van der Waals surface area (Å²) < 4.78 is 11.0. The highest BCUT2D eigenvalue weighted by atomic mass is 35.5. The Bertz CT molecular complexity index is 1270. The monoisotopic (exact) mass is 448 g/mol. The average molecular weight is 449 g/mol. The summed E-state index contributed by atoms with van der Waals surface area (Å²) in [5.41, 5.74) is 2.52. The number of ether oxygens (including phenoxy) is 2. The highest BCUT2D eigenvalue weighted by Crippen LogP contribution is 2.25. The van der Waals surface area contributed by atoms with E-state index in [1.165, 1.54) is 6.07 Å². The number of benzene rings is 3. The highest BCUT2D eigenvalue weighted by Gasteiger charge is 2.25. The first-order chi connectivity index (χ1) is 15.4. The van der Waals surface area contributed by atoms with Crippen LogP contribution in [0.4, 0.5) is 5.69 Å². The molecule has 0 radical (unpaired) electrons. The number of hydrogen-bond acceptors (Lipinski definition) is 6. The Labute approximate surface area is 188 Å². The molecule has 0 saturated carbocycles. The number of esters is 1. The SMILES string of the molecule is Cc1ccc(C2=N/C(=C\c3ccc(OCc4ccccc4Cl)cc3)C(=O)O2)cc1[N+](=O)[O-]. The number of hydrogen-bond donors (Lipinski definition) is 0. The smallest absolute Gasteiger partial charge is 0.363 e. The molecule has 0 amide bonds. The van der Waals surface area contributed by atoms with Crippen LogP contribution in [0.3, 0.4) is 0 Å². The van der Waals surface area contributed by atoms with Crippen LogP contribution in [0.1, 0.15) is 22.3 Å². The molecule has 1 aliphatic rings. The van der Waals surface area contributed by atoms with E-state index < -0.39 is 10.9 Å². The standard InChI is InChI=1S/C24H17ClN2O5/c1-15-6-9-17(13-22(15)27(29)30)23-26-21(24(28)32-23)12-16-7-10-19(11-8-16)31-14-18-4-2-3-5-20(18)25/h2-13H,14H2,1H3/b21-12-. The molecular weight excluding hydrogens is 432 g/mol. The van der Waals surface area contributed by atoms with Gasteiger partial charge in [0, 0.05) is 27.8 Å². The van der Waals surface area contributed by atoms with Crippen molar-refractivity contribution in [2.45, 2.75) is 13.5 Å². The Morgan fingerprint density at radius 3 is 2.59 bits per heavy atom. The molecule has 3 aromatic rings. The number of nitrogens with zero attached hydrogens (tertiary/aromatic N) is 2. The number of aliphatic imine (C=N–C) groups is 1. The second kappa shape index (κ2) is 9.03. The zero-order chi connectivity index (χ0) is 22.7. The molecule has 0 bridgehead atoms. The maximum absolute atomic E-state index is 12.2. The molecule has 0 aromatic heterocycles. The van der Waals surface area contributed by atoms with Gasteiger partial charge in [-0.2, -0.15) is 0 Å². The van der Waals surface area contributed by atoms with E-state index >= 15 is 0 Å². The van der Waals surface area contributed by atoms with Crippen LogP contribution in [0.5, 0.6) is 5.75 Å². The van der Waals surface area contributed by atoms with Gasteiger partial charge in [0.2, 0.25) is 5.90 Å². The van der Waals surface area contributed by atoms with Crippen molar-refractivity contribution in [1.29, 1.82) is 0 Å². The Kier molecular flexibility index (Phi) is 6.00. The van der Waals surface area contributed by atoms with E-state index in [4.69, 9.17) is 21.1 Å². The molecule has 0 unspecified atom stereocenters. The van der Waals surface area contributed by atoms with Crippen LogP contribution in [-0.2, 0) is 16.1 Å². The molecule has 0 aliphatic carbocycles. The largest absolute Gasteiger partial charge is 0.489 e. The fourth-order valence-electron chi connectivity index (χ4n) is 3.07. The summed E-state index contributed by atoms with van der Waals surface area (Å²) in [5.74, 6) is 0.0588. The summed E-state index contributed by atoms with van der Waals surface area (Å²) in [5, 5.41) is 11.8. The summed E-state index contributed by atoms with van der Waals surface area (Å²) in [4.78, 5) is 27.1. The third-order valence-corrected chi connectivity index (χ3v) is 5.18. The number of carbonyl (C=O) groups is 1. The number of aryl methyl sites for hydroxylation is 1. The van der Waals surface area contributed by atoms with Crippen molar-refractivity contribution in [1.82, 2.24) is 0 Å². The first-order valence-electron chi connectivity index (χ1n) is 9.65. The normalized spacial score (nSPS) is 14.2. The van der Waals surface area contributed by atoms with Crippen LogP contribution in [0, 0.1) is 17.0 Å². The fraction of sp³-hybridized carbons (Fsp3) is 0.0833. The van der Waals surface area contributed by atoms with Crippen molar-refractivity contribution in [2.24, 2.45) is 4.99 Å². The second-order valence-corrected chi connectivity index (χ2v) is 7.45. The van der Waals surface area contributed by atoms with Crippen LogP contribution in [0.15, 0.2) is 77.4 Å². The van der Waals surface area contributed by atoms with Crippen molar-refractivity contribution in [3.63, 3.8) is 0 Å². The van der Waals surface area contributed by atoms with E-state index in [0.29, 0.717) is 28.5 Å². The molecule has 1 heterocycles. The number of nitro groups is 1. The molecule has 0 atom stereocenters. The van der Waals surface area contributed by atoms with Gasteiger partial charge in [-0.15, -0.1) is 0 Å². The minimum Gasteiger partial charge on any atom is -0.489 e. The lowest BCUT2D eigenvalue weighted by Gasteiger charge is -2.07. The fourth-order valence-corrected chi connectivity index (χ4v) is 3.26. The minimum atomic E-state index is -0.623. The zero-order valence-electron chi connectivity index (χ0n) is 16.9. The Balaban J connectivity index is 1.49. The highest BCUT2D eigenvalue weighted by molar-refractivity contribution is 6.31. The average Bonchev–Trinajstić information content (AvgIpc) is 3.14. The van der Waals surface area contributed by atoms with Crippen LogP contribution in [-0.4, -0.2) is 16.8 Å². The topological polar surface area (TPSA) is 91.0 Å². The number of halogens is 1. The molecule has 4 rings (SSSR count). The van der Waals surface area contributed by atoms with Gasteiger partial charge in [0.1, 0.15) is 12.4 Å². The van der Waals surface area contributed by atoms with Gasteiger partial charge >= 0.3 is 5.97 Å². The molecule has 7 nitrogen and oxygen atoms in total. The molecule has 3 aromatic carbocycles. The Hall–Kier alpha value is -3.97. The number of cyclic esters (lactones) is 1. The van der Waals surface area contributed by atoms with Gasteiger partial charge in [-0.3, -0.25) is 10.1 Å². The van der Waals surface area contributed by atoms with Gasteiger partial charge < -0.3 is 9.47 Å². The van der Waals surface area contributed by atoms with Gasteiger partial charge in [0.15, 0.2) is 5.70 Å². The van der Waals surface area contributed by atoms with E-state index in [2.05, 4.69) is 4.99 Å². The van der Waals surface area contributed by atoms with E-state index in [-0.39, 0.29) is 17.3 Å². The molecule has 0 fully saturated rings. The van der Waals surface area contributed by atoms with Crippen LogP contribution >= 0.6 is 11.6 Å². The molecule has 160 valence electrons. The van der Waals surface area contributed by atoms with Crippen molar-refractivity contribution in [3.05, 3.63) is 110 Å². The Morgan fingerprint density at radius 2 is 1.88 bits per heavy atom. The first-order valence-corrected chi connectivity index (χ1v) is 10.0. The number of rotatable bonds is 6. The van der Waals surface area contributed by atoms with Crippen LogP contribution < -0.4 is 4.74 Å². The van der Waals surface area contributed by atoms with E-state index in [1.807, 2.05) is 18.2 Å². The molecule has 8 heteroatoms. The molecule has 0 spiro atoms. The van der Waals surface area contributed by atoms with Gasteiger partial charge in [0.25, 0.3) is 5.69 Å². The lowest BCUT2D eigenvalue weighted by molar-refractivity contribution is -0.385. The molecule has 32 heavy (non-hydrogen) atoms. The van der Waals surface area contributed by atoms with Gasteiger partial charge in [0.05, 0.1) is 4.92 Å². The van der Waals surface area contributed by atoms with Crippen molar-refractivity contribution in [2.75, 3.05) is 0 Å². The van der Waals surface area contributed by atoms with Crippen molar-refractivity contribution >= 4 is 35.2 Å². The number of nitro benzene ring substituents is 1. The molecule has 0 saturated heterocycles. The summed E-state index contributed by atoms with van der Waals surface area (Å²) in [6, 6.07) is 19.1. The van der Waals surface area contributed by atoms with E-state index in [1.54, 1.807) is 55.5 Å². The summed E-state index contributed by atoms with van der Waals surface area (Å²) in [7, 11) is 0. The van der Waals surface area contributed by atoms with Gasteiger partial charge in [-0.05, 0) is 42.8 Å². The van der Waals surface area contributed by atoms with E-state index in [0.717, 1.165) is 11.1 Å². The van der Waals surface area contributed by atoms with Gasteiger partial charge in [-0.25, -0.2) is 9.79 Å². The summed E-state index contributed by atoms with van der Waals surface area (Å²) >= 11 is 6.14. The first kappa shape index (κ1) is 21.3. The lowest BCUT2D eigenvalue weighted by Crippen LogP contribution is -2.06. The Morgan fingerprint density at radius 1 is 1.12 bits per heavy atom. The third kappa shape index (κ3) is 4.68. The maximum atomic E-state index is 12.2. The molecular formula is C24H17ClN2O5. The van der Waals surface area contributed by atoms with Crippen LogP contribution in [0.2, 0.25) is 5.02 Å². The minimum absolute atomic E-state index is 0.0315. The van der Waals surface area contributed by atoms with Crippen molar-refractivity contribution < 1.29 is 19.2 Å². The summed E-state index contributed by atoms with van der Waals surface area (Å²) in [6.45, 7) is 1.97. The number of carbonyl (C=O) groups excluding carboxylic acids is 1.